The summed E-state index contributed by atoms with van der Waals surface area (Å²) >= 11 is 6.04. The van der Waals surface area contributed by atoms with Crippen LogP contribution in [-0.2, 0) is 4.79 Å². The molecule has 7 heteroatoms. The zero-order valence-electron chi connectivity index (χ0n) is 14.2. The van der Waals surface area contributed by atoms with Gasteiger partial charge in [-0.3, -0.25) is 9.69 Å². The number of amides is 1. The summed E-state index contributed by atoms with van der Waals surface area (Å²) in [5, 5.41) is 12.6. The molecule has 2 N–H and O–H groups in total. The van der Waals surface area contributed by atoms with Crippen LogP contribution in [0.25, 0.3) is 0 Å². The van der Waals surface area contributed by atoms with E-state index in [0.29, 0.717) is 10.7 Å². The first-order valence-corrected chi connectivity index (χ1v) is 8.76. The minimum atomic E-state index is -1.06. The molecule has 0 aliphatic carbocycles. The van der Waals surface area contributed by atoms with Gasteiger partial charge in [-0.05, 0) is 30.3 Å². The first-order chi connectivity index (χ1) is 12.5. The maximum Gasteiger partial charge on any atom is 0.337 e. The van der Waals surface area contributed by atoms with Crippen molar-refractivity contribution in [1.82, 2.24) is 4.90 Å². The number of halogens is 1. The summed E-state index contributed by atoms with van der Waals surface area (Å²) in [6.07, 6.45) is 0. The molecule has 0 atom stereocenters. The standard InChI is InChI=1S/C19H20ClN3O3/c20-14-4-3-5-15(12-14)23-10-8-22(9-11-23)13-18(24)21-17-7-2-1-6-16(17)19(25)26/h1-7,12H,8-11,13H2,(H,21,24)(H,25,26). The number of carboxylic acid groups (broad SMARTS) is 1. The van der Waals surface area contributed by atoms with Crippen LogP contribution in [0.2, 0.25) is 5.02 Å². The molecule has 1 heterocycles. The summed E-state index contributed by atoms with van der Waals surface area (Å²) < 4.78 is 0. The summed E-state index contributed by atoms with van der Waals surface area (Å²) in [6.45, 7) is 3.34. The van der Waals surface area contributed by atoms with E-state index < -0.39 is 5.97 Å². The van der Waals surface area contributed by atoms with E-state index in [1.165, 1.54) is 6.07 Å². The topological polar surface area (TPSA) is 72.9 Å². The molecule has 1 aliphatic heterocycles. The quantitative estimate of drug-likeness (QED) is 0.843. The average Bonchev–Trinajstić information content (AvgIpc) is 2.62. The molecule has 0 aromatic heterocycles. The molecular formula is C19H20ClN3O3. The molecule has 1 aliphatic rings. The summed E-state index contributed by atoms with van der Waals surface area (Å²) in [6, 6.07) is 14.1. The molecule has 0 radical (unpaired) electrons. The van der Waals surface area contributed by atoms with Crippen LogP contribution in [-0.4, -0.2) is 54.6 Å². The molecule has 2 aromatic carbocycles. The molecule has 0 unspecified atom stereocenters. The third kappa shape index (κ3) is 4.53. The second-order valence-corrected chi connectivity index (χ2v) is 6.58. The van der Waals surface area contributed by atoms with Gasteiger partial charge in [0, 0.05) is 36.9 Å². The van der Waals surface area contributed by atoms with Crippen molar-refractivity contribution in [3.05, 3.63) is 59.1 Å². The molecule has 136 valence electrons. The number of carbonyl (C=O) groups is 2. The number of carbonyl (C=O) groups excluding carboxylic acids is 1. The van der Waals surface area contributed by atoms with Gasteiger partial charge in [0.05, 0.1) is 17.8 Å². The van der Waals surface area contributed by atoms with Crippen molar-refractivity contribution in [2.24, 2.45) is 0 Å². The Morgan fingerprint density at radius 2 is 1.77 bits per heavy atom. The maximum atomic E-state index is 12.3. The van der Waals surface area contributed by atoms with Crippen molar-refractivity contribution in [2.75, 3.05) is 42.9 Å². The summed E-state index contributed by atoms with van der Waals surface area (Å²) in [7, 11) is 0. The Morgan fingerprint density at radius 3 is 2.46 bits per heavy atom. The number of hydrogen-bond acceptors (Lipinski definition) is 4. The SMILES string of the molecule is O=C(CN1CCN(c2cccc(Cl)c2)CC1)Nc1ccccc1C(=O)O. The lowest BCUT2D eigenvalue weighted by atomic mass is 10.2. The third-order valence-electron chi connectivity index (χ3n) is 4.34. The van der Waals surface area contributed by atoms with Gasteiger partial charge in [0.25, 0.3) is 0 Å². The number of carboxylic acids is 1. The molecule has 2 aromatic rings. The van der Waals surface area contributed by atoms with Crippen LogP contribution in [0.5, 0.6) is 0 Å². The summed E-state index contributed by atoms with van der Waals surface area (Å²) in [5.41, 5.74) is 1.49. The van der Waals surface area contributed by atoms with Gasteiger partial charge < -0.3 is 15.3 Å². The van der Waals surface area contributed by atoms with Crippen molar-refractivity contribution >= 4 is 34.9 Å². The summed E-state index contributed by atoms with van der Waals surface area (Å²) in [4.78, 5) is 27.8. The van der Waals surface area contributed by atoms with Crippen molar-refractivity contribution in [3.8, 4) is 0 Å². The van der Waals surface area contributed by atoms with Gasteiger partial charge in [-0.2, -0.15) is 0 Å². The average molecular weight is 374 g/mol. The Labute approximate surface area is 157 Å². The largest absolute Gasteiger partial charge is 0.478 e. The second kappa shape index (κ2) is 8.21. The van der Waals surface area contributed by atoms with E-state index in [-0.39, 0.29) is 18.0 Å². The number of para-hydroxylation sites is 1. The Hall–Kier alpha value is -2.57. The molecular weight excluding hydrogens is 354 g/mol. The van der Waals surface area contributed by atoms with Crippen molar-refractivity contribution in [1.29, 1.82) is 0 Å². The predicted molar refractivity (Wildman–Crippen MR) is 102 cm³/mol. The van der Waals surface area contributed by atoms with E-state index in [1.807, 2.05) is 24.3 Å². The zero-order chi connectivity index (χ0) is 18.5. The normalized spacial score (nSPS) is 14.9. The van der Waals surface area contributed by atoms with Gasteiger partial charge in [-0.15, -0.1) is 0 Å². The van der Waals surface area contributed by atoms with E-state index in [2.05, 4.69) is 15.1 Å². The highest BCUT2D eigenvalue weighted by Crippen LogP contribution is 2.21. The van der Waals surface area contributed by atoms with Crippen LogP contribution in [0.1, 0.15) is 10.4 Å². The van der Waals surface area contributed by atoms with E-state index in [9.17, 15) is 14.7 Å². The number of benzene rings is 2. The highest BCUT2D eigenvalue weighted by atomic mass is 35.5. The van der Waals surface area contributed by atoms with Crippen molar-refractivity contribution in [3.63, 3.8) is 0 Å². The number of nitrogens with zero attached hydrogens (tertiary/aromatic N) is 2. The number of aromatic carboxylic acids is 1. The van der Waals surface area contributed by atoms with Crippen molar-refractivity contribution < 1.29 is 14.7 Å². The van der Waals surface area contributed by atoms with Gasteiger partial charge in [-0.1, -0.05) is 29.8 Å². The Morgan fingerprint density at radius 1 is 1.04 bits per heavy atom. The smallest absolute Gasteiger partial charge is 0.337 e. The molecule has 3 rings (SSSR count). The molecule has 26 heavy (non-hydrogen) atoms. The molecule has 0 bridgehead atoms. The highest BCUT2D eigenvalue weighted by molar-refractivity contribution is 6.30. The molecule has 1 saturated heterocycles. The Kier molecular flexibility index (Phi) is 5.75. The van der Waals surface area contributed by atoms with E-state index in [1.54, 1.807) is 18.2 Å². The minimum absolute atomic E-state index is 0.0895. The van der Waals surface area contributed by atoms with Crippen LogP contribution in [0.3, 0.4) is 0 Å². The fourth-order valence-electron chi connectivity index (χ4n) is 3.01. The molecule has 6 nitrogen and oxygen atoms in total. The first kappa shape index (κ1) is 18.2. The Bertz CT molecular complexity index is 804. The number of rotatable bonds is 5. The molecule has 0 spiro atoms. The monoisotopic (exact) mass is 373 g/mol. The molecule has 1 amide bonds. The molecule has 0 saturated carbocycles. The van der Waals surface area contributed by atoms with Crippen LogP contribution in [0.15, 0.2) is 48.5 Å². The lowest BCUT2D eigenvalue weighted by molar-refractivity contribution is -0.117. The number of piperazine rings is 1. The van der Waals surface area contributed by atoms with Gasteiger partial charge in [0.2, 0.25) is 5.91 Å². The van der Waals surface area contributed by atoms with Gasteiger partial charge >= 0.3 is 5.97 Å². The summed E-state index contributed by atoms with van der Waals surface area (Å²) in [5.74, 6) is -1.27. The third-order valence-corrected chi connectivity index (χ3v) is 4.58. The van der Waals surface area contributed by atoms with Crippen LogP contribution < -0.4 is 10.2 Å². The highest BCUT2D eigenvalue weighted by Gasteiger charge is 2.20. The van der Waals surface area contributed by atoms with Crippen molar-refractivity contribution in [2.45, 2.75) is 0 Å². The number of anilines is 2. The Balaban J connectivity index is 1.53. The maximum absolute atomic E-state index is 12.3. The van der Waals surface area contributed by atoms with E-state index in [4.69, 9.17) is 11.6 Å². The van der Waals surface area contributed by atoms with Gasteiger partial charge in [0.15, 0.2) is 0 Å². The van der Waals surface area contributed by atoms with Gasteiger partial charge in [0.1, 0.15) is 0 Å². The predicted octanol–water partition coefficient (Wildman–Crippen LogP) is 2.80. The number of hydrogen-bond donors (Lipinski definition) is 2. The fraction of sp³-hybridized carbons (Fsp3) is 0.263. The van der Waals surface area contributed by atoms with Crippen LogP contribution in [0.4, 0.5) is 11.4 Å². The van der Waals surface area contributed by atoms with Crippen LogP contribution in [0, 0.1) is 0 Å². The van der Waals surface area contributed by atoms with Gasteiger partial charge in [-0.25, -0.2) is 4.79 Å². The fourth-order valence-corrected chi connectivity index (χ4v) is 3.19. The minimum Gasteiger partial charge on any atom is -0.478 e. The van der Waals surface area contributed by atoms with E-state index >= 15 is 0 Å². The van der Waals surface area contributed by atoms with E-state index in [0.717, 1.165) is 31.9 Å². The number of nitrogens with one attached hydrogen (secondary N) is 1. The first-order valence-electron chi connectivity index (χ1n) is 8.38. The van der Waals surface area contributed by atoms with Crippen LogP contribution >= 0.6 is 11.6 Å². The second-order valence-electron chi connectivity index (χ2n) is 6.14. The zero-order valence-corrected chi connectivity index (χ0v) is 14.9. The lowest BCUT2D eigenvalue weighted by Gasteiger charge is -2.35. The lowest BCUT2D eigenvalue weighted by Crippen LogP contribution is -2.48. The molecule has 1 fully saturated rings.